The van der Waals surface area contributed by atoms with Crippen LogP contribution in [0.3, 0.4) is 0 Å². The molecule has 0 spiro atoms. The van der Waals surface area contributed by atoms with Gasteiger partial charge in [-0.25, -0.2) is 29.4 Å². The number of piperazine rings is 2. The normalized spacial score (nSPS) is 17.0. The second-order valence-electron chi connectivity index (χ2n) is 15.2. The van der Waals surface area contributed by atoms with Gasteiger partial charge in [-0.3, -0.25) is 4.68 Å². The summed E-state index contributed by atoms with van der Waals surface area (Å²) in [5.41, 5.74) is 9.70. The first-order chi connectivity index (χ1) is 28.7. The first-order valence-corrected chi connectivity index (χ1v) is 20.6. The number of hydrogen-bond donors (Lipinski definition) is 2. The van der Waals surface area contributed by atoms with E-state index in [0.29, 0.717) is 62.4 Å². The fourth-order valence-corrected chi connectivity index (χ4v) is 8.29. The third-order valence-corrected chi connectivity index (χ3v) is 10.9. The van der Waals surface area contributed by atoms with E-state index >= 15 is 0 Å². The second kappa shape index (κ2) is 15.8. The lowest BCUT2D eigenvalue weighted by molar-refractivity contribution is 0.407. The highest BCUT2D eigenvalue weighted by atomic mass is 35.5. The Morgan fingerprint density at radius 1 is 0.780 bits per heavy atom. The molecule has 14 nitrogen and oxygen atoms in total. The van der Waals surface area contributed by atoms with Crippen LogP contribution in [0.5, 0.6) is 0 Å². The van der Waals surface area contributed by atoms with Crippen LogP contribution >= 0.6 is 11.6 Å². The lowest BCUT2D eigenvalue weighted by atomic mass is 10.0. The SMILES string of the molecule is CC.Cc1cn2nc(-c3ccc4cc(N5CCNCC5)cnc4n3)cc([N+]#Cc3cc(-c4cc(Cl)c5cc(N6CC(C)NC(C)C6)cnc5n4)cc4cn(C)nc34)c2n1. The standard InChI is InChI=1S/C42H40ClN14.C2H6/c1-24-20-56(21-25(2)48-24)32-14-33-34(43)15-36(51-41(33)47-19-32)28-11-29(39-30(12-28)23-54(4)53-39)17-45-38-16-37(52-57-22-26(3)49-42(38)57)35-6-5-27-13-31(18-46-40(27)50-35)55-9-7-44-8-10-55;1-2/h5-6,11-16,18-19,22-25,44,48H,7-10,20-21H2,1-4H3;1-2H3/q+1;. The van der Waals surface area contributed by atoms with Gasteiger partial charge in [0.1, 0.15) is 16.8 Å². The topological polar surface area (TPSA) is 134 Å². The number of rotatable bonds is 4. The van der Waals surface area contributed by atoms with Crippen LogP contribution in [-0.4, -0.2) is 95.7 Å². The zero-order chi connectivity index (χ0) is 40.8. The molecule has 59 heavy (non-hydrogen) atoms. The number of aryl methyl sites for hydroxylation is 2. The van der Waals surface area contributed by atoms with Crippen molar-refractivity contribution in [1.29, 1.82) is 0 Å². The molecule has 2 aliphatic rings. The van der Waals surface area contributed by atoms with Crippen molar-refractivity contribution in [2.45, 2.75) is 46.7 Å². The number of nitrogens with one attached hydrogen (secondary N) is 2. The highest BCUT2D eigenvalue weighted by Gasteiger charge is 2.23. The van der Waals surface area contributed by atoms with Crippen molar-refractivity contribution in [3.8, 4) is 28.7 Å². The first kappa shape index (κ1) is 38.3. The van der Waals surface area contributed by atoms with Crippen molar-refractivity contribution in [2.24, 2.45) is 7.05 Å². The van der Waals surface area contributed by atoms with E-state index in [-0.39, 0.29) is 0 Å². The summed E-state index contributed by atoms with van der Waals surface area (Å²) in [5.74, 6) is 0. The van der Waals surface area contributed by atoms with Crippen molar-refractivity contribution in [3.63, 3.8) is 0 Å². The number of pyridine rings is 4. The largest absolute Gasteiger partial charge is 0.387 e. The molecule has 0 bridgehead atoms. The van der Waals surface area contributed by atoms with Gasteiger partial charge in [-0.05, 0) is 68.1 Å². The maximum absolute atomic E-state index is 6.99. The van der Waals surface area contributed by atoms with E-state index in [9.17, 15) is 0 Å². The van der Waals surface area contributed by atoms with Gasteiger partial charge in [-0.2, -0.15) is 10.2 Å². The average Bonchev–Trinajstić information content (AvgIpc) is 3.83. The molecule has 7 aromatic heterocycles. The van der Waals surface area contributed by atoms with Gasteiger partial charge in [0.15, 0.2) is 11.3 Å². The molecule has 0 saturated carbocycles. The molecule has 0 aliphatic carbocycles. The van der Waals surface area contributed by atoms with E-state index in [1.807, 2.05) is 76.9 Å². The summed E-state index contributed by atoms with van der Waals surface area (Å²) in [6.07, 6.45) is 7.65. The molecule has 8 aromatic rings. The predicted octanol–water partition coefficient (Wildman–Crippen LogP) is 7.43. The molecule has 2 fully saturated rings. The van der Waals surface area contributed by atoms with Crippen LogP contribution in [0.25, 0.3) is 66.1 Å². The van der Waals surface area contributed by atoms with Gasteiger partial charge in [0.2, 0.25) is 5.65 Å². The highest BCUT2D eigenvalue weighted by molar-refractivity contribution is 6.35. The minimum Gasteiger partial charge on any atom is -0.368 e. The van der Waals surface area contributed by atoms with E-state index < -0.39 is 0 Å². The number of anilines is 2. The van der Waals surface area contributed by atoms with Gasteiger partial charge in [0, 0.05) is 86.3 Å². The van der Waals surface area contributed by atoms with Gasteiger partial charge >= 0.3 is 11.8 Å². The summed E-state index contributed by atoms with van der Waals surface area (Å²) < 4.78 is 3.53. The Morgan fingerprint density at radius 3 is 2.32 bits per heavy atom. The fraction of sp³-hybridized carbons (Fsp3) is 0.318. The quantitative estimate of drug-likeness (QED) is 0.184. The molecule has 15 heteroatoms. The monoisotopic (exact) mass is 805 g/mol. The molecule has 2 saturated heterocycles. The fourth-order valence-electron chi connectivity index (χ4n) is 8.04. The Hall–Kier alpha value is -6.27. The van der Waals surface area contributed by atoms with Gasteiger partial charge in [-0.1, -0.05) is 25.4 Å². The number of nitrogens with zero attached hydrogens (tertiary/aromatic N) is 12. The lowest BCUT2D eigenvalue weighted by Crippen LogP contribution is -2.54. The molecule has 2 atom stereocenters. The number of fused-ring (bicyclic) bond motifs is 4. The molecule has 2 unspecified atom stereocenters. The van der Waals surface area contributed by atoms with Crippen LogP contribution in [-0.2, 0) is 7.05 Å². The molecule has 0 amide bonds. The van der Waals surface area contributed by atoms with Crippen LogP contribution in [0.1, 0.15) is 39.0 Å². The van der Waals surface area contributed by atoms with Crippen molar-refractivity contribution >= 4 is 67.3 Å². The summed E-state index contributed by atoms with van der Waals surface area (Å²) in [4.78, 5) is 33.8. The van der Waals surface area contributed by atoms with E-state index in [2.05, 4.69) is 64.6 Å². The summed E-state index contributed by atoms with van der Waals surface area (Å²) in [6, 6.07) is 20.2. The molecule has 9 heterocycles. The zero-order valence-electron chi connectivity index (χ0n) is 34.1. The number of benzene rings is 1. The first-order valence-electron chi connectivity index (χ1n) is 20.2. The van der Waals surface area contributed by atoms with Gasteiger partial charge in [-0.15, -0.1) is 0 Å². The van der Waals surface area contributed by atoms with E-state index in [0.717, 1.165) is 83.6 Å². The molecule has 2 aliphatic heterocycles. The molecule has 298 valence electrons. The zero-order valence-corrected chi connectivity index (χ0v) is 34.8. The van der Waals surface area contributed by atoms with E-state index in [4.69, 9.17) is 51.6 Å². The minimum absolute atomic E-state index is 0.378. The smallest absolute Gasteiger partial charge is 0.368 e. The van der Waals surface area contributed by atoms with E-state index in [1.54, 1.807) is 9.20 Å². The van der Waals surface area contributed by atoms with Gasteiger partial charge in [0.05, 0.1) is 58.1 Å². The van der Waals surface area contributed by atoms with Gasteiger partial charge in [0.25, 0.3) is 0 Å². The summed E-state index contributed by atoms with van der Waals surface area (Å²) >= 11 is 6.99. The van der Waals surface area contributed by atoms with Gasteiger partial charge < -0.3 is 20.4 Å². The van der Waals surface area contributed by atoms with Crippen LogP contribution < -0.4 is 20.4 Å². The Bertz CT molecular complexity index is 2930. The summed E-state index contributed by atoms with van der Waals surface area (Å²) in [7, 11) is 1.90. The van der Waals surface area contributed by atoms with Crippen LogP contribution in [0, 0.1) is 13.0 Å². The van der Waals surface area contributed by atoms with E-state index in [1.165, 1.54) is 0 Å². The lowest BCUT2D eigenvalue weighted by Gasteiger charge is -2.37. The number of halogens is 1. The van der Waals surface area contributed by atoms with Crippen molar-refractivity contribution in [3.05, 3.63) is 94.4 Å². The number of imidazole rings is 1. The maximum Gasteiger partial charge on any atom is 0.387 e. The van der Waals surface area contributed by atoms with Crippen LogP contribution in [0.2, 0.25) is 5.02 Å². The highest BCUT2D eigenvalue weighted by Crippen LogP contribution is 2.34. The summed E-state index contributed by atoms with van der Waals surface area (Å²) in [5, 5.41) is 19.9. The van der Waals surface area contributed by atoms with Crippen molar-refractivity contribution in [1.82, 2.24) is 54.9 Å². The third-order valence-electron chi connectivity index (χ3n) is 10.6. The average molecular weight is 806 g/mol. The Balaban J connectivity index is 0.00000221. The predicted molar refractivity (Wildman–Crippen MR) is 237 cm³/mol. The van der Waals surface area contributed by atoms with Crippen molar-refractivity contribution in [2.75, 3.05) is 49.1 Å². The van der Waals surface area contributed by atoms with Crippen molar-refractivity contribution < 1.29 is 0 Å². The second-order valence-corrected chi connectivity index (χ2v) is 15.6. The van der Waals surface area contributed by atoms with Crippen LogP contribution in [0.15, 0.2) is 73.3 Å². The molecular weight excluding hydrogens is 760 g/mol. The molecule has 0 radical (unpaired) electrons. The Kier molecular flexibility index (Phi) is 10.3. The molecular formula is C44H46ClN14+. The molecule has 2 N–H and O–H groups in total. The summed E-state index contributed by atoms with van der Waals surface area (Å²) in [6.45, 7) is 16.0. The molecule has 1 aromatic carbocycles. The van der Waals surface area contributed by atoms with Crippen LogP contribution in [0.4, 0.5) is 17.1 Å². The molecule has 10 rings (SSSR count). The maximum atomic E-state index is 6.99. The minimum atomic E-state index is 0.378. The third kappa shape index (κ3) is 7.60. The number of aromatic nitrogens is 9. The Morgan fingerprint density at radius 2 is 1.53 bits per heavy atom. The number of hydrogen-bond acceptors (Lipinski definition) is 11. The Labute approximate surface area is 347 Å².